The highest BCUT2D eigenvalue weighted by molar-refractivity contribution is 6.07. The summed E-state index contributed by atoms with van der Waals surface area (Å²) in [7, 11) is 0. The van der Waals surface area contributed by atoms with Gasteiger partial charge in [-0.15, -0.1) is 0 Å². The lowest BCUT2D eigenvalue weighted by Crippen LogP contribution is -2.10. The van der Waals surface area contributed by atoms with Crippen LogP contribution < -0.4 is 0 Å². The molecular formula is C20H23N. The van der Waals surface area contributed by atoms with Gasteiger partial charge in [-0.3, -0.25) is 0 Å². The third kappa shape index (κ3) is 2.70. The van der Waals surface area contributed by atoms with E-state index in [1.165, 1.54) is 47.5 Å². The summed E-state index contributed by atoms with van der Waals surface area (Å²) in [4.78, 5) is 0. The van der Waals surface area contributed by atoms with Crippen LogP contribution in [-0.4, -0.2) is 4.57 Å². The Bertz CT molecular complexity index is 670. The summed E-state index contributed by atoms with van der Waals surface area (Å²) in [5.41, 5.74) is 2.61. The molecule has 0 aliphatic rings. The first kappa shape index (κ1) is 14.2. The van der Waals surface area contributed by atoms with Crippen molar-refractivity contribution in [3.63, 3.8) is 0 Å². The van der Waals surface area contributed by atoms with Crippen LogP contribution in [0.4, 0.5) is 0 Å². The van der Waals surface area contributed by atoms with Crippen molar-refractivity contribution in [1.29, 1.82) is 0 Å². The highest BCUT2D eigenvalue weighted by Crippen LogP contribution is 2.30. The predicted molar refractivity (Wildman–Crippen MR) is 90.4 cm³/mol. The lowest BCUT2D eigenvalue weighted by molar-refractivity contribution is 0.401. The van der Waals surface area contributed by atoms with Gasteiger partial charge in [-0.2, -0.15) is 0 Å². The minimum Gasteiger partial charge on any atom is -0.340 e. The van der Waals surface area contributed by atoms with E-state index in [4.69, 9.17) is 0 Å². The standard InChI is InChI=1S/C20H23N/c1-3-5-10-16(4-2)15-21-19-13-8-6-11-17(19)18-12-7-9-14-20(18)21/h6-7,11-14,16H,3-5,10,15H2,1-2H3. The second kappa shape index (κ2) is 6.34. The highest BCUT2D eigenvalue weighted by Gasteiger charge is 2.13. The first-order chi connectivity index (χ1) is 10.3. The third-order valence-electron chi connectivity index (χ3n) is 4.54. The topological polar surface area (TPSA) is 4.93 Å². The molecule has 1 nitrogen and oxygen atoms in total. The molecule has 0 N–H and O–H groups in total. The minimum absolute atomic E-state index is 0.754. The molecule has 1 heterocycles. The molecular weight excluding hydrogens is 254 g/mol. The summed E-state index contributed by atoms with van der Waals surface area (Å²) < 4.78 is 2.47. The second-order valence-corrected chi connectivity index (χ2v) is 5.91. The molecule has 2 radical (unpaired) electrons. The van der Waals surface area contributed by atoms with Gasteiger partial charge in [0, 0.05) is 28.4 Å². The second-order valence-electron chi connectivity index (χ2n) is 5.91. The molecule has 0 aliphatic heterocycles. The van der Waals surface area contributed by atoms with E-state index in [-0.39, 0.29) is 0 Å². The molecule has 0 aliphatic carbocycles. The van der Waals surface area contributed by atoms with Gasteiger partial charge in [-0.05, 0) is 36.6 Å². The normalized spacial score (nSPS) is 13.0. The Morgan fingerprint density at radius 1 is 1.00 bits per heavy atom. The molecule has 1 unspecified atom stereocenters. The Hall–Kier alpha value is -1.76. The summed E-state index contributed by atoms with van der Waals surface area (Å²) in [6.45, 7) is 5.69. The van der Waals surface area contributed by atoms with Crippen LogP contribution in [0.2, 0.25) is 0 Å². The van der Waals surface area contributed by atoms with Crippen LogP contribution in [0.25, 0.3) is 21.8 Å². The average Bonchev–Trinajstić information content (AvgIpc) is 2.86. The number of hydrogen-bond acceptors (Lipinski definition) is 0. The van der Waals surface area contributed by atoms with Gasteiger partial charge < -0.3 is 4.57 Å². The number of rotatable bonds is 6. The molecule has 3 rings (SSSR count). The Morgan fingerprint density at radius 2 is 1.62 bits per heavy atom. The lowest BCUT2D eigenvalue weighted by Gasteiger charge is -2.17. The van der Waals surface area contributed by atoms with Gasteiger partial charge in [0.25, 0.3) is 0 Å². The Kier molecular flexibility index (Phi) is 4.28. The largest absolute Gasteiger partial charge is 0.340 e. The van der Waals surface area contributed by atoms with Crippen molar-refractivity contribution in [1.82, 2.24) is 4.57 Å². The maximum atomic E-state index is 3.24. The van der Waals surface area contributed by atoms with E-state index in [2.05, 4.69) is 54.8 Å². The maximum Gasteiger partial charge on any atom is 0.0497 e. The molecule has 0 spiro atoms. The van der Waals surface area contributed by atoms with Crippen LogP contribution in [0, 0.1) is 18.1 Å². The molecule has 0 saturated carbocycles. The monoisotopic (exact) mass is 277 g/mol. The molecule has 108 valence electrons. The molecule has 3 aromatic rings. The van der Waals surface area contributed by atoms with Crippen molar-refractivity contribution < 1.29 is 0 Å². The zero-order valence-corrected chi connectivity index (χ0v) is 13.0. The summed E-state index contributed by atoms with van der Waals surface area (Å²) in [5.74, 6) is 0.754. The quantitative estimate of drug-likeness (QED) is 0.552. The fraction of sp³-hybridized carbons (Fsp3) is 0.400. The van der Waals surface area contributed by atoms with Crippen molar-refractivity contribution >= 4 is 21.8 Å². The van der Waals surface area contributed by atoms with Crippen LogP contribution in [-0.2, 0) is 6.54 Å². The first-order valence-electron chi connectivity index (χ1n) is 8.13. The van der Waals surface area contributed by atoms with Crippen LogP contribution >= 0.6 is 0 Å². The molecule has 0 saturated heterocycles. The molecule has 1 aromatic heterocycles. The number of aromatic nitrogens is 1. The van der Waals surface area contributed by atoms with Gasteiger partial charge in [0.15, 0.2) is 0 Å². The van der Waals surface area contributed by atoms with E-state index in [1.807, 2.05) is 12.1 Å². The first-order valence-corrected chi connectivity index (χ1v) is 8.13. The van der Waals surface area contributed by atoms with Gasteiger partial charge in [-0.25, -0.2) is 0 Å². The number of benzene rings is 2. The molecule has 21 heavy (non-hydrogen) atoms. The SMILES string of the molecule is CCCCC(CC)Cn1c2c[c]ccc2c2cc[c]cc21. The zero-order valence-electron chi connectivity index (χ0n) is 13.0. The van der Waals surface area contributed by atoms with Crippen LogP contribution in [0.1, 0.15) is 39.5 Å². The van der Waals surface area contributed by atoms with Gasteiger partial charge in [0.05, 0.1) is 0 Å². The summed E-state index contributed by atoms with van der Waals surface area (Å²) in [6, 6.07) is 19.1. The number of nitrogens with zero attached hydrogens (tertiary/aromatic N) is 1. The van der Waals surface area contributed by atoms with Crippen molar-refractivity contribution in [3.8, 4) is 0 Å². The third-order valence-corrected chi connectivity index (χ3v) is 4.54. The fourth-order valence-corrected chi connectivity index (χ4v) is 3.25. The molecule has 1 heteroatoms. The Balaban J connectivity index is 2.06. The molecule has 1 atom stereocenters. The fourth-order valence-electron chi connectivity index (χ4n) is 3.25. The van der Waals surface area contributed by atoms with Gasteiger partial charge in [-0.1, -0.05) is 57.4 Å². The number of hydrogen-bond donors (Lipinski definition) is 0. The molecule has 0 fully saturated rings. The van der Waals surface area contributed by atoms with Gasteiger partial charge >= 0.3 is 0 Å². The zero-order chi connectivity index (χ0) is 14.7. The number of unbranched alkanes of at least 4 members (excludes halogenated alkanes) is 1. The number of fused-ring (bicyclic) bond motifs is 3. The van der Waals surface area contributed by atoms with E-state index < -0.39 is 0 Å². The van der Waals surface area contributed by atoms with E-state index in [1.54, 1.807) is 0 Å². The summed E-state index contributed by atoms with van der Waals surface area (Å²) >= 11 is 0. The van der Waals surface area contributed by atoms with Crippen LogP contribution in [0.15, 0.2) is 36.4 Å². The van der Waals surface area contributed by atoms with Gasteiger partial charge in [0.1, 0.15) is 0 Å². The van der Waals surface area contributed by atoms with Crippen LogP contribution in [0.5, 0.6) is 0 Å². The van der Waals surface area contributed by atoms with Crippen molar-refractivity contribution in [2.75, 3.05) is 0 Å². The highest BCUT2D eigenvalue weighted by atomic mass is 15.0. The van der Waals surface area contributed by atoms with Gasteiger partial charge in [0.2, 0.25) is 0 Å². The summed E-state index contributed by atoms with van der Waals surface area (Å²) in [6.07, 6.45) is 5.18. The van der Waals surface area contributed by atoms with E-state index in [9.17, 15) is 0 Å². The van der Waals surface area contributed by atoms with Crippen molar-refractivity contribution in [2.24, 2.45) is 5.92 Å². The molecule has 2 aromatic carbocycles. The lowest BCUT2D eigenvalue weighted by atomic mass is 9.99. The van der Waals surface area contributed by atoms with Crippen LogP contribution in [0.3, 0.4) is 0 Å². The Morgan fingerprint density at radius 3 is 2.14 bits per heavy atom. The molecule has 0 bridgehead atoms. The molecule has 0 amide bonds. The Labute approximate surface area is 127 Å². The van der Waals surface area contributed by atoms with E-state index in [0.717, 1.165) is 12.5 Å². The van der Waals surface area contributed by atoms with E-state index >= 15 is 0 Å². The predicted octanol–water partition coefficient (Wildman–Crippen LogP) is 5.61. The van der Waals surface area contributed by atoms with Crippen molar-refractivity contribution in [2.45, 2.75) is 46.1 Å². The van der Waals surface area contributed by atoms with E-state index in [0.29, 0.717) is 0 Å². The average molecular weight is 277 g/mol. The maximum absolute atomic E-state index is 3.24. The minimum atomic E-state index is 0.754. The smallest absolute Gasteiger partial charge is 0.0497 e. The summed E-state index contributed by atoms with van der Waals surface area (Å²) in [5, 5.41) is 2.67. The van der Waals surface area contributed by atoms with Crippen molar-refractivity contribution in [3.05, 3.63) is 48.5 Å².